The van der Waals surface area contributed by atoms with Crippen LogP contribution in [0.4, 0.5) is 0 Å². The van der Waals surface area contributed by atoms with Gasteiger partial charge in [0.05, 0.1) is 4.90 Å². The Labute approximate surface area is 140 Å². The molecule has 0 saturated heterocycles. The fourth-order valence-corrected chi connectivity index (χ4v) is 2.96. The lowest BCUT2D eigenvalue weighted by Crippen LogP contribution is -2.13. The Balaban J connectivity index is 2.20. The third-order valence-corrected chi connectivity index (χ3v) is 4.44. The first-order chi connectivity index (χ1) is 11.3. The Morgan fingerprint density at radius 1 is 1.04 bits per heavy atom. The zero-order valence-electron chi connectivity index (χ0n) is 13.1. The van der Waals surface area contributed by atoms with Gasteiger partial charge in [-0.2, -0.15) is 8.42 Å². The summed E-state index contributed by atoms with van der Waals surface area (Å²) in [7, 11) is -4.08. The van der Waals surface area contributed by atoms with Crippen molar-refractivity contribution >= 4 is 22.4 Å². The highest BCUT2D eigenvalue weighted by atomic mass is 32.2. The number of aldehydes is 1. The van der Waals surface area contributed by atoms with Crippen LogP contribution in [0, 0.1) is 6.92 Å². The second-order valence-corrected chi connectivity index (χ2v) is 6.65. The normalized spacial score (nSPS) is 12.4. The maximum Gasteiger partial charge on any atom is 0.308 e. The molecular weight excluding hydrogens is 332 g/mol. The van der Waals surface area contributed by atoms with E-state index in [1.807, 2.05) is 6.92 Å². The lowest BCUT2D eigenvalue weighted by atomic mass is 10.1. The summed E-state index contributed by atoms with van der Waals surface area (Å²) < 4.78 is 34.4. The van der Waals surface area contributed by atoms with Gasteiger partial charge in [-0.3, -0.25) is 8.98 Å². The van der Waals surface area contributed by atoms with E-state index < -0.39 is 22.2 Å². The molecule has 2 aromatic carbocycles. The van der Waals surface area contributed by atoms with E-state index in [2.05, 4.69) is 0 Å². The molecule has 0 bridgehead atoms. The van der Waals surface area contributed by atoms with E-state index >= 15 is 0 Å². The summed E-state index contributed by atoms with van der Waals surface area (Å²) in [6.07, 6.45) is -0.894. The molecule has 0 spiro atoms. The first-order valence-electron chi connectivity index (χ1n) is 7.05. The molecule has 0 radical (unpaired) electrons. The minimum Gasteiger partial charge on any atom is -0.427 e. The smallest absolute Gasteiger partial charge is 0.308 e. The van der Waals surface area contributed by atoms with Gasteiger partial charge in [0, 0.05) is 6.92 Å². The minimum atomic E-state index is -4.08. The highest BCUT2D eigenvalue weighted by molar-refractivity contribution is 7.86. The molecule has 0 saturated carbocycles. The predicted molar refractivity (Wildman–Crippen MR) is 86.0 cm³/mol. The lowest BCUT2D eigenvalue weighted by Gasteiger charge is -2.13. The SMILES string of the molecule is CC(=O)Oc1ccc(C(C=O)OS(=O)(=O)c2ccc(C)cc2)cc1. The van der Waals surface area contributed by atoms with Crippen molar-refractivity contribution in [3.63, 3.8) is 0 Å². The maximum absolute atomic E-state index is 12.2. The lowest BCUT2D eigenvalue weighted by molar-refractivity contribution is -0.131. The van der Waals surface area contributed by atoms with Crippen LogP contribution in [0.2, 0.25) is 0 Å². The van der Waals surface area contributed by atoms with E-state index in [0.29, 0.717) is 11.8 Å². The third kappa shape index (κ3) is 4.50. The first-order valence-corrected chi connectivity index (χ1v) is 8.46. The van der Waals surface area contributed by atoms with E-state index in [0.717, 1.165) is 5.56 Å². The Morgan fingerprint density at radius 2 is 1.62 bits per heavy atom. The van der Waals surface area contributed by atoms with Crippen molar-refractivity contribution in [1.29, 1.82) is 0 Å². The van der Waals surface area contributed by atoms with Crippen LogP contribution in [0.5, 0.6) is 5.75 Å². The molecule has 0 N–H and O–H groups in total. The topological polar surface area (TPSA) is 86.7 Å². The Bertz CT molecular complexity index is 822. The molecule has 1 atom stereocenters. The summed E-state index contributed by atoms with van der Waals surface area (Å²) >= 11 is 0. The molecule has 2 rings (SSSR count). The van der Waals surface area contributed by atoms with E-state index in [-0.39, 0.29) is 10.6 Å². The van der Waals surface area contributed by atoms with Gasteiger partial charge in [-0.1, -0.05) is 29.8 Å². The second-order valence-electron chi connectivity index (χ2n) is 5.08. The number of carbonyl (C=O) groups excluding carboxylic acids is 2. The number of benzene rings is 2. The summed E-state index contributed by atoms with van der Waals surface area (Å²) in [4.78, 5) is 22.1. The van der Waals surface area contributed by atoms with Gasteiger partial charge in [-0.15, -0.1) is 0 Å². The van der Waals surface area contributed by atoms with Crippen LogP contribution in [-0.4, -0.2) is 20.7 Å². The molecule has 0 aromatic heterocycles. The van der Waals surface area contributed by atoms with Crippen LogP contribution < -0.4 is 4.74 Å². The standard InChI is InChI=1S/C17H16O6S/c1-12-3-9-16(10-4-12)24(20,21)23-17(11-18)14-5-7-15(8-6-14)22-13(2)19/h3-11,17H,1-2H3. The van der Waals surface area contributed by atoms with Crippen LogP contribution in [-0.2, 0) is 23.9 Å². The van der Waals surface area contributed by atoms with E-state index in [4.69, 9.17) is 8.92 Å². The Morgan fingerprint density at radius 3 is 2.12 bits per heavy atom. The zero-order chi connectivity index (χ0) is 17.7. The van der Waals surface area contributed by atoms with Gasteiger partial charge < -0.3 is 9.53 Å². The number of rotatable bonds is 6. The van der Waals surface area contributed by atoms with Crippen molar-refractivity contribution in [3.8, 4) is 5.75 Å². The molecule has 0 aliphatic heterocycles. The summed E-state index contributed by atoms with van der Waals surface area (Å²) in [5, 5.41) is 0. The molecule has 0 fully saturated rings. The van der Waals surface area contributed by atoms with E-state index in [1.54, 1.807) is 12.1 Å². The summed E-state index contributed by atoms with van der Waals surface area (Å²) in [6, 6.07) is 11.9. The molecule has 1 unspecified atom stereocenters. The molecule has 0 heterocycles. The van der Waals surface area contributed by atoms with Crippen molar-refractivity contribution in [2.45, 2.75) is 24.8 Å². The fourth-order valence-electron chi connectivity index (χ4n) is 1.95. The molecule has 2 aromatic rings. The van der Waals surface area contributed by atoms with Crippen molar-refractivity contribution in [1.82, 2.24) is 0 Å². The number of ether oxygens (including phenoxy) is 1. The van der Waals surface area contributed by atoms with Crippen LogP contribution in [0.1, 0.15) is 24.2 Å². The molecular formula is C17H16O6S. The molecule has 0 aliphatic rings. The van der Waals surface area contributed by atoms with E-state index in [9.17, 15) is 18.0 Å². The number of hydrogen-bond acceptors (Lipinski definition) is 6. The fraction of sp³-hybridized carbons (Fsp3) is 0.176. The maximum atomic E-state index is 12.2. The van der Waals surface area contributed by atoms with Crippen LogP contribution in [0.25, 0.3) is 0 Å². The van der Waals surface area contributed by atoms with Crippen molar-refractivity contribution in [2.75, 3.05) is 0 Å². The monoisotopic (exact) mass is 348 g/mol. The van der Waals surface area contributed by atoms with Gasteiger partial charge in [0.1, 0.15) is 5.75 Å². The first kappa shape index (κ1) is 17.8. The summed E-state index contributed by atoms with van der Waals surface area (Å²) in [6.45, 7) is 3.09. The molecule has 24 heavy (non-hydrogen) atoms. The largest absolute Gasteiger partial charge is 0.427 e. The molecule has 7 heteroatoms. The Kier molecular flexibility index (Phi) is 5.48. The van der Waals surface area contributed by atoms with Gasteiger partial charge >= 0.3 is 5.97 Å². The molecule has 0 aliphatic carbocycles. The third-order valence-electron chi connectivity index (χ3n) is 3.13. The number of aryl methyl sites for hydroxylation is 1. The van der Waals surface area contributed by atoms with Crippen molar-refractivity contribution in [3.05, 3.63) is 59.7 Å². The van der Waals surface area contributed by atoms with Gasteiger partial charge in [-0.25, -0.2) is 0 Å². The second kappa shape index (κ2) is 7.37. The number of esters is 1. The summed E-state index contributed by atoms with van der Waals surface area (Å²) in [5.41, 5.74) is 1.23. The molecule has 6 nitrogen and oxygen atoms in total. The number of hydrogen-bond donors (Lipinski definition) is 0. The highest BCUT2D eigenvalue weighted by Gasteiger charge is 2.23. The average Bonchev–Trinajstić information content (AvgIpc) is 2.53. The van der Waals surface area contributed by atoms with Crippen molar-refractivity contribution < 1.29 is 26.9 Å². The van der Waals surface area contributed by atoms with Gasteiger partial charge in [0.15, 0.2) is 12.4 Å². The van der Waals surface area contributed by atoms with Crippen molar-refractivity contribution in [2.24, 2.45) is 0 Å². The summed E-state index contributed by atoms with van der Waals surface area (Å²) in [5.74, 6) is -0.190. The minimum absolute atomic E-state index is 0.0310. The van der Waals surface area contributed by atoms with E-state index in [1.165, 1.54) is 43.3 Å². The van der Waals surface area contributed by atoms with Crippen LogP contribution >= 0.6 is 0 Å². The highest BCUT2D eigenvalue weighted by Crippen LogP contribution is 2.24. The Hall–Kier alpha value is -2.51. The van der Waals surface area contributed by atoms with Gasteiger partial charge in [0.2, 0.25) is 0 Å². The van der Waals surface area contributed by atoms with Gasteiger partial charge in [0.25, 0.3) is 10.1 Å². The number of carbonyl (C=O) groups is 2. The van der Waals surface area contributed by atoms with Crippen LogP contribution in [0.15, 0.2) is 53.4 Å². The average molecular weight is 348 g/mol. The molecule has 126 valence electrons. The molecule has 0 amide bonds. The quantitative estimate of drug-likeness (QED) is 0.345. The van der Waals surface area contributed by atoms with Gasteiger partial charge in [-0.05, 0) is 36.8 Å². The zero-order valence-corrected chi connectivity index (χ0v) is 13.9. The predicted octanol–water partition coefficient (Wildman–Crippen LogP) is 2.57. The van der Waals surface area contributed by atoms with Crippen LogP contribution in [0.3, 0.4) is 0 Å².